The summed E-state index contributed by atoms with van der Waals surface area (Å²) in [6, 6.07) is 17.2. The van der Waals surface area contributed by atoms with Gasteiger partial charge in [-0.3, -0.25) is 19.6 Å². The number of nitro groups is 1. The first-order valence-electron chi connectivity index (χ1n) is 8.22. The van der Waals surface area contributed by atoms with Crippen molar-refractivity contribution in [2.45, 2.75) is 24.3 Å². The fraction of sp³-hybridized carbons (Fsp3) is 0.222. The molecule has 4 rings (SSSR count). The Bertz CT molecular complexity index is 930. The number of rotatable bonds is 4. The van der Waals surface area contributed by atoms with Crippen molar-refractivity contribution in [1.29, 1.82) is 0 Å². The standard InChI is InChI=1S/C18H17N5O2S/c1-13(14-6-3-2-4-7-14)22-12-26-18-20-19-11-21(18)17(22)15-8-5-9-16(10-15)23(24)25/h2-11,13,17H,12H2,1H3/t13-,17?/m0/s1. The van der Waals surface area contributed by atoms with Gasteiger partial charge in [-0.05, 0) is 18.1 Å². The van der Waals surface area contributed by atoms with E-state index in [9.17, 15) is 10.1 Å². The maximum atomic E-state index is 11.2. The van der Waals surface area contributed by atoms with Crippen LogP contribution in [0, 0.1) is 10.1 Å². The number of non-ortho nitro benzene ring substituents is 1. The van der Waals surface area contributed by atoms with Crippen molar-refractivity contribution in [1.82, 2.24) is 19.7 Å². The van der Waals surface area contributed by atoms with E-state index in [1.807, 2.05) is 28.8 Å². The van der Waals surface area contributed by atoms with Crippen LogP contribution < -0.4 is 0 Å². The van der Waals surface area contributed by atoms with Gasteiger partial charge in [0.15, 0.2) is 5.16 Å². The Labute approximate surface area is 154 Å². The second-order valence-electron chi connectivity index (χ2n) is 6.12. The third-order valence-electron chi connectivity index (χ3n) is 4.62. The van der Waals surface area contributed by atoms with Gasteiger partial charge < -0.3 is 0 Å². The summed E-state index contributed by atoms with van der Waals surface area (Å²) in [7, 11) is 0. The lowest BCUT2D eigenvalue weighted by atomic mass is 10.0. The lowest BCUT2D eigenvalue weighted by Crippen LogP contribution is -2.38. The van der Waals surface area contributed by atoms with E-state index < -0.39 is 0 Å². The highest BCUT2D eigenvalue weighted by Gasteiger charge is 2.34. The highest BCUT2D eigenvalue weighted by Crippen LogP contribution is 2.40. The van der Waals surface area contributed by atoms with Crippen LogP contribution in [0.1, 0.15) is 30.3 Å². The van der Waals surface area contributed by atoms with Gasteiger partial charge >= 0.3 is 0 Å². The molecule has 2 aromatic carbocycles. The lowest BCUT2D eigenvalue weighted by Gasteiger charge is -2.40. The molecule has 8 heteroatoms. The van der Waals surface area contributed by atoms with Crippen molar-refractivity contribution in [2.75, 3.05) is 5.88 Å². The SMILES string of the molecule is C[C@@H](c1ccccc1)N1CSc2nncn2C1c1cccc([N+](=O)[O-])c1. The third kappa shape index (κ3) is 2.97. The number of fused-ring (bicyclic) bond motifs is 1. The maximum absolute atomic E-state index is 11.2. The zero-order valence-electron chi connectivity index (χ0n) is 14.1. The van der Waals surface area contributed by atoms with Crippen molar-refractivity contribution < 1.29 is 4.92 Å². The molecule has 3 aromatic rings. The molecule has 0 N–H and O–H groups in total. The smallest absolute Gasteiger partial charge is 0.269 e. The minimum Gasteiger partial charge on any atom is -0.288 e. The van der Waals surface area contributed by atoms with Gasteiger partial charge in [0.25, 0.3) is 5.69 Å². The van der Waals surface area contributed by atoms with Crippen molar-refractivity contribution in [3.8, 4) is 0 Å². The first kappa shape index (κ1) is 16.7. The fourth-order valence-corrected chi connectivity index (χ4v) is 4.29. The quantitative estimate of drug-likeness (QED) is 0.515. The largest absolute Gasteiger partial charge is 0.288 e. The van der Waals surface area contributed by atoms with Crippen LogP contribution in [0.4, 0.5) is 5.69 Å². The first-order chi connectivity index (χ1) is 12.6. The molecule has 0 saturated heterocycles. The van der Waals surface area contributed by atoms with Gasteiger partial charge in [0.2, 0.25) is 0 Å². The molecule has 1 aliphatic heterocycles. The predicted molar refractivity (Wildman–Crippen MR) is 98.7 cm³/mol. The second-order valence-corrected chi connectivity index (χ2v) is 7.03. The molecule has 0 saturated carbocycles. The maximum Gasteiger partial charge on any atom is 0.269 e. The summed E-state index contributed by atoms with van der Waals surface area (Å²) in [6.45, 7) is 2.15. The van der Waals surface area contributed by atoms with Crippen LogP contribution in [0.3, 0.4) is 0 Å². The first-order valence-corrected chi connectivity index (χ1v) is 9.21. The Hall–Kier alpha value is -2.71. The molecule has 0 fully saturated rings. The summed E-state index contributed by atoms with van der Waals surface area (Å²) in [6.07, 6.45) is 1.49. The van der Waals surface area contributed by atoms with E-state index in [4.69, 9.17) is 0 Å². The van der Waals surface area contributed by atoms with Crippen LogP contribution in [0.2, 0.25) is 0 Å². The second kappa shape index (κ2) is 6.89. The van der Waals surface area contributed by atoms with Crippen LogP contribution in [0.15, 0.2) is 66.1 Å². The highest BCUT2D eigenvalue weighted by atomic mass is 32.2. The molecule has 26 heavy (non-hydrogen) atoms. The molecule has 0 bridgehead atoms. The van der Waals surface area contributed by atoms with Gasteiger partial charge in [-0.1, -0.05) is 54.2 Å². The molecule has 1 unspecified atom stereocenters. The number of benzene rings is 2. The number of nitro benzene ring substituents is 1. The van der Waals surface area contributed by atoms with Crippen molar-refractivity contribution in [3.05, 3.63) is 82.2 Å². The number of nitrogens with zero attached hydrogens (tertiary/aromatic N) is 5. The molecule has 0 radical (unpaired) electrons. The summed E-state index contributed by atoms with van der Waals surface area (Å²) in [5, 5.41) is 20.2. The summed E-state index contributed by atoms with van der Waals surface area (Å²) in [5.74, 6) is 0.724. The summed E-state index contributed by atoms with van der Waals surface area (Å²) < 4.78 is 1.98. The summed E-state index contributed by atoms with van der Waals surface area (Å²) >= 11 is 1.62. The van der Waals surface area contributed by atoms with Crippen LogP contribution in [-0.2, 0) is 0 Å². The van der Waals surface area contributed by atoms with E-state index in [1.165, 1.54) is 11.6 Å². The van der Waals surface area contributed by atoms with Gasteiger partial charge in [0, 0.05) is 18.2 Å². The van der Waals surface area contributed by atoms with Gasteiger partial charge in [0.05, 0.1) is 10.8 Å². The van der Waals surface area contributed by atoms with Crippen LogP contribution in [0.5, 0.6) is 0 Å². The fourth-order valence-electron chi connectivity index (χ4n) is 3.26. The van der Waals surface area contributed by atoms with Gasteiger partial charge in [-0.25, -0.2) is 0 Å². The minimum atomic E-state index is -0.362. The Balaban J connectivity index is 1.79. The van der Waals surface area contributed by atoms with E-state index >= 15 is 0 Å². The molecule has 0 spiro atoms. The Kier molecular flexibility index (Phi) is 4.44. The number of aromatic nitrogens is 3. The summed E-state index contributed by atoms with van der Waals surface area (Å²) in [4.78, 5) is 13.2. The minimum absolute atomic E-state index is 0.0858. The lowest BCUT2D eigenvalue weighted by molar-refractivity contribution is -0.385. The molecule has 1 aliphatic rings. The summed E-state index contributed by atoms with van der Waals surface area (Å²) in [5.41, 5.74) is 2.13. The number of hydrogen-bond donors (Lipinski definition) is 0. The molecular weight excluding hydrogens is 350 g/mol. The van der Waals surface area contributed by atoms with E-state index in [0.717, 1.165) is 16.6 Å². The van der Waals surface area contributed by atoms with Crippen molar-refractivity contribution in [3.63, 3.8) is 0 Å². The van der Waals surface area contributed by atoms with Gasteiger partial charge in [-0.2, -0.15) is 0 Å². The van der Waals surface area contributed by atoms with E-state index in [-0.39, 0.29) is 22.8 Å². The monoisotopic (exact) mass is 367 g/mol. The molecule has 0 amide bonds. The van der Waals surface area contributed by atoms with Crippen LogP contribution in [-0.4, -0.2) is 30.5 Å². The average Bonchev–Trinajstić information content (AvgIpc) is 3.16. The van der Waals surface area contributed by atoms with Crippen LogP contribution >= 0.6 is 11.8 Å². The Morgan fingerprint density at radius 2 is 2.04 bits per heavy atom. The van der Waals surface area contributed by atoms with E-state index in [2.05, 4.69) is 34.2 Å². The topological polar surface area (TPSA) is 77.1 Å². The highest BCUT2D eigenvalue weighted by molar-refractivity contribution is 7.99. The molecule has 0 aliphatic carbocycles. The zero-order chi connectivity index (χ0) is 18.1. The molecular formula is C18H17N5O2S. The third-order valence-corrected chi connectivity index (χ3v) is 5.60. The van der Waals surface area contributed by atoms with Gasteiger partial charge in [0.1, 0.15) is 12.5 Å². The predicted octanol–water partition coefficient (Wildman–Crippen LogP) is 3.86. The van der Waals surface area contributed by atoms with Crippen molar-refractivity contribution in [2.24, 2.45) is 0 Å². The van der Waals surface area contributed by atoms with Crippen molar-refractivity contribution >= 4 is 17.4 Å². The normalized spacial score (nSPS) is 18.3. The van der Waals surface area contributed by atoms with E-state index in [1.54, 1.807) is 30.2 Å². The molecule has 1 aromatic heterocycles. The number of hydrogen-bond acceptors (Lipinski definition) is 6. The molecule has 132 valence electrons. The Morgan fingerprint density at radius 3 is 2.81 bits per heavy atom. The molecule has 2 atom stereocenters. The van der Waals surface area contributed by atoms with E-state index in [0.29, 0.717) is 0 Å². The zero-order valence-corrected chi connectivity index (χ0v) is 14.9. The average molecular weight is 367 g/mol. The van der Waals surface area contributed by atoms with Crippen LogP contribution in [0.25, 0.3) is 0 Å². The number of thioether (sulfide) groups is 1. The molecule has 7 nitrogen and oxygen atoms in total. The molecule has 2 heterocycles. The Morgan fingerprint density at radius 1 is 1.23 bits per heavy atom. The van der Waals surface area contributed by atoms with Gasteiger partial charge in [-0.15, -0.1) is 10.2 Å².